The molecule has 1 unspecified atom stereocenters. The summed E-state index contributed by atoms with van der Waals surface area (Å²) in [7, 11) is 0. The topological polar surface area (TPSA) is 98.9 Å². The second-order valence-corrected chi connectivity index (χ2v) is 8.14. The van der Waals surface area contributed by atoms with Crippen molar-refractivity contribution in [1.29, 1.82) is 5.26 Å². The second kappa shape index (κ2) is 7.66. The number of nitrogens with one attached hydrogen (secondary N) is 1. The maximum Gasteiger partial charge on any atom is 0.186 e. The van der Waals surface area contributed by atoms with E-state index in [4.69, 9.17) is 4.55 Å². The van der Waals surface area contributed by atoms with Crippen molar-refractivity contribution < 1.29 is 8.76 Å². The van der Waals surface area contributed by atoms with Gasteiger partial charge in [-0.1, -0.05) is 30.3 Å². The number of benzene rings is 2. The third-order valence-electron chi connectivity index (χ3n) is 5.12. The third kappa shape index (κ3) is 3.88. The summed E-state index contributed by atoms with van der Waals surface area (Å²) in [5.74, 6) is 0.744. The van der Waals surface area contributed by atoms with E-state index in [-0.39, 0.29) is 11.8 Å². The van der Waals surface area contributed by atoms with Crippen LogP contribution in [0.3, 0.4) is 0 Å². The molecule has 0 radical (unpaired) electrons. The van der Waals surface area contributed by atoms with Crippen LogP contribution < -0.4 is 5.32 Å². The molecular weight excluding hydrogens is 372 g/mol. The van der Waals surface area contributed by atoms with E-state index >= 15 is 0 Å². The van der Waals surface area contributed by atoms with Crippen LogP contribution in [-0.2, 0) is 16.8 Å². The van der Waals surface area contributed by atoms with Crippen LogP contribution in [0.25, 0.3) is 22.0 Å². The molecule has 0 spiro atoms. The number of hydrogen-bond acceptors (Lipinski definition) is 5. The molecule has 2 N–H and O–H groups in total. The van der Waals surface area contributed by atoms with E-state index in [0.29, 0.717) is 17.1 Å². The smallest absolute Gasteiger partial charge is 0.186 e. The maximum absolute atomic E-state index is 11.1. The fraction of sp³-hybridized carbons (Fsp3) is 0.286. The van der Waals surface area contributed by atoms with Crippen molar-refractivity contribution in [2.45, 2.75) is 31.6 Å². The van der Waals surface area contributed by atoms with Crippen LogP contribution >= 0.6 is 0 Å². The Morgan fingerprint density at radius 2 is 2.04 bits per heavy atom. The van der Waals surface area contributed by atoms with Crippen molar-refractivity contribution in [2.24, 2.45) is 5.92 Å². The highest BCUT2D eigenvalue weighted by Crippen LogP contribution is 2.36. The van der Waals surface area contributed by atoms with Crippen molar-refractivity contribution in [1.82, 2.24) is 10.2 Å². The van der Waals surface area contributed by atoms with Crippen molar-refractivity contribution >= 4 is 27.7 Å². The highest BCUT2D eigenvalue weighted by molar-refractivity contribution is 7.78. The van der Waals surface area contributed by atoms with Gasteiger partial charge in [0.15, 0.2) is 16.8 Å². The van der Waals surface area contributed by atoms with Crippen LogP contribution in [0.5, 0.6) is 0 Å². The van der Waals surface area contributed by atoms with Crippen LogP contribution in [0.15, 0.2) is 42.5 Å². The molecule has 2 atom stereocenters. The van der Waals surface area contributed by atoms with Crippen molar-refractivity contribution in [2.75, 3.05) is 5.32 Å². The zero-order chi connectivity index (χ0) is 19.7. The van der Waals surface area contributed by atoms with Crippen LogP contribution in [0, 0.1) is 17.2 Å². The molecule has 1 aliphatic carbocycles. The molecule has 28 heavy (non-hydrogen) atoms. The van der Waals surface area contributed by atoms with Gasteiger partial charge in [-0.05, 0) is 54.5 Å². The first-order valence-corrected chi connectivity index (χ1v) is 10.5. The van der Waals surface area contributed by atoms with E-state index in [1.165, 1.54) is 12.8 Å². The minimum atomic E-state index is -1.88. The van der Waals surface area contributed by atoms with E-state index in [9.17, 15) is 9.47 Å². The average Bonchev–Trinajstić information content (AvgIpc) is 3.53. The van der Waals surface area contributed by atoms with Gasteiger partial charge in [-0.3, -0.25) is 0 Å². The SMILES string of the molecule is C[C@@H](Nc1c(C#N)nnc2cc(-c3cccc(CS(=O)O)c3)ccc12)C1CC1. The quantitative estimate of drug-likeness (QED) is 0.613. The summed E-state index contributed by atoms with van der Waals surface area (Å²) in [5.41, 5.74) is 4.43. The van der Waals surface area contributed by atoms with Gasteiger partial charge in [-0.2, -0.15) is 5.26 Å². The largest absolute Gasteiger partial charge is 0.379 e. The number of hydrogen-bond donors (Lipinski definition) is 2. The Morgan fingerprint density at radius 3 is 2.75 bits per heavy atom. The summed E-state index contributed by atoms with van der Waals surface area (Å²) in [5, 5.41) is 22.1. The van der Waals surface area contributed by atoms with Gasteiger partial charge in [0.2, 0.25) is 0 Å². The number of nitriles is 1. The number of nitrogens with zero attached hydrogens (tertiary/aromatic N) is 3. The van der Waals surface area contributed by atoms with Crippen molar-refractivity contribution in [3.63, 3.8) is 0 Å². The van der Waals surface area contributed by atoms with Crippen LogP contribution in [0.2, 0.25) is 0 Å². The third-order valence-corrected chi connectivity index (χ3v) is 5.70. The summed E-state index contributed by atoms with van der Waals surface area (Å²) in [6.07, 6.45) is 2.43. The summed E-state index contributed by atoms with van der Waals surface area (Å²) in [4.78, 5) is 0. The Kier molecular flexibility index (Phi) is 5.07. The Labute approximate surface area is 165 Å². The fourth-order valence-electron chi connectivity index (χ4n) is 3.44. The number of rotatable bonds is 6. The summed E-state index contributed by atoms with van der Waals surface area (Å²) >= 11 is -1.88. The predicted octanol–water partition coefficient (Wildman–Crippen LogP) is 4.10. The summed E-state index contributed by atoms with van der Waals surface area (Å²) in [6, 6.07) is 15.9. The zero-order valence-electron chi connectivity index (χ0n) is 15.4. The first-order valence-electron chi connectivity index (χ1n) is 9.19. The number of aromatic nitrogens is 2. The summed E-state index contributed by atoms with van der Waals surface area (Å²) < 4.78 is 20.2. The molecule has 142 valence electrons. The van der Waals surface area contributed by atoms with Gasteiger partial charge in [0.1, 0.15) is 6.07 Å². The molecule has 4 rings (SSSR count). The lowest BCUT2D eigenvalue weighted by molar-refractivity contribution is 0.563. The Hall–Kier alpha value is -2.82. The molecule has 3 aromatic rings. The monoisotopic (exact) mass is 392 g/mol. The standard InChI is InChI=1S/C21H20N4O2S/c1-13(15-5-6-15)23-21-18-8-7-17(10-19(18)24-25-20(21)11-22)16-4-2-3-14(9-16)12-28(26)27/h2-4,7-10,13,15H,5-6,12H2,1H3,(H,23,24)(H,26,27)/t13-/m1/s1. The van der Waals surface area contributed by atoms with E-state index in [0.717, 1.165) is 27.8 Å². The Balaban J connectivity index is 1.73. The van der Waals surface area contributed by atoms with Gasteiger partial charge < -0.3 is 9.87 Å². The van der Waals surface area contributed by atoms with Crippen LogP contribution in [0.4, 0.5) is 5.69 Å². The van der Waals surface area contributed by atoms with Crippen molar-refractivity contribution in [3.05, 3.63) is 53.7 Å². The van der Waals surface area contributed by atoms with E-state index in [1.807, 2.05) is 42.5 Å². The highest BCUT2D eigenvalue weighted by atomic mass is 32.2. The maximum atomic E-state index is 11.1. The van der Waals surface area contributed by atoms with Gasteiger partial charge in [-0.25, -0.2) is 4.21 Å². The minimum Gasteiger partial charge on any atom is -0.379 e. The van der Waals surface area contributed by atoms with Gasteiger partial charge in [0, 0.05) is 11.4 Å². The van der Waals surface area contributed by atoms with E-state index in [2.05, 4.69) is 28.5 Å². The molecule has 7 heteroatoms. The molecule has 1 heterocycles. The molecule has 2 aromatic carbocycles. The lowest BCUT2D eigenvalue weighted by Crippen LogP contribution is -2.19. The van der Waals surface area contributed by atoms with Gasteiger partial charge >= 0.3 is 0 Å². The number of fused-ring (bicyclic) bond motifs is 1. The second-order valence-electron chi connectivity index (χ2n) is 7.20. The molecular formula is C21H20N4O2S. The molecule has 0 amide bonds. The molecule has 1 fully saturated rings. The van der Waals surface area contributed by atoms with Gasteiger partial charge in [0.05, 0.1) is 17.0 Å². The fourth-order valence-corrected chi connectivity index (χ4v) is 3.90. The van der Waals surface area contributed by atoms with Gasteiger partial charge in [-0.15, -0.1) is 10.2 Å². The zero-order valence-corrected chi connectivity index (χ0v) is 16.2. The van der Waals surface area contributed by atoms with Gasteiger partial charge in [0.25, 0.3) is 0 Å². The van der Waals surface area contributed by atoms with Crippen LogP contribution in [-0.4, -0.2) is 25.0 Å². The average molecular weight is 392 g/mol. The molecule has 0 bridgehead atoms. The Bertz CT molecular complexity index is 1110. The van der Waals surface area contributed by atoms with E-state index in [1.54, 1.807) is 0 Å². The Morgan fingerprint density at radius 1 is 1.25 bits per heavy atom. The van der Waals surface area contributed by atoms with Crippen LogP contribution in [0.1, 0.15) is 31.0 Å². The molecule has 0 aliphatic heterocycles. The molecule has 6 nitrogen and oxygen atoms in total. The molecule has 1 saturated carbocycles. The predicted molar refractivity (Wildman–Crippen MR) is 110 cm³/mol. The first kappa shape index (κ1) is 18.5. The minimum absolute atomic E-state index is 0.0971. The number of anilines is 1. The summed E-state index contributed by atoms with van der Waals surface area (Å²) in [6.45, 7) is 2.13. The normalized spacial score (nSPS) is 15.8. The molecule has 0 saturated heterocycles. The van der Waals surface area contributed by atoms with Crippen molar-refractivity contribution in [3.8, 4) is 17.2 Å². The van der Waals surface area contributed by atoms with E-state index < -0.39 is 11.1 Å². The molecule has 1 aromatic heterocycles. The lowest BCUT2D eigenvalue weighted by Gasteiger charge is -2.17. The molecule has 1 aliphatic rings. The first-order chi connectivity index (χ1) is 13.5. The lowest BCUT2D eigenvalue weighted by atomic mass is 10.0. The highest BCUT2D eigenvalue weighted by Gasteiger charge is 2.29.